The van der Waals surface area contributed by atoms with Crippen LogP contribution in [0.4, 0.5) is 10.1 Å². The van der Waals surface area contributed by atoms with Gasteiger partial charge in [0.15, 0.2) is 0 Å². The molecule has 1 aromatic rings. The molecule has 0 bridgehead atoms. The highest BCUT2D eigenvalue weighted by molar-refractivity contribution is 5.49. The van der Waals surface area contributed by atoms with Crippen LogP contribution in [0, 0.1) is 23.1 Å². The SMILES string of the molecule is CC(C)C(CCO)Nc1ccc(C#N)cc1F. The molecule has 2 N–H and O–H groups in total. The Morgan fingerprint density at radius 1 is 1.47 bits per heavy atom. The van der Waals surface area contributed by atoms with Crippen molar-refractivity contribution in [2.75, 3.05) is 11.9 Å². The Morgan fingerprint density at radius 3 is 2.65 bits per heavy atom. The average molecular weight is 236 g/mol. The molecule has 0 aliphatic heterocycles. The molecule has 0 heterocycles. The summed E-state index contributed by atoms with van der Waals surface area (Å²) in [6.07, 6.45) is 0.567. The van der Waals surface area contributed by atoms with Gasteiger partial charge >= 0.3 is 0 Å². The molecule has 1 rings (SSSR count). The number of nitrogens with one attached hydrogen (secondary N) is 1. The van der Waals surface area contributed by atoms with E-state index in [1.807, 2.05) is 19.9 Å². The fourth-order valence-corrected chi connectivity index (χ4v) is 1.61. The lowest BCUT2D eigenvalue weighted by molar-refractivity contribution is 0.267. The Bertz CT molecular complexity index is 412. The summed E-state index contributed by atoms with van der Waals surface area (Å²) in [6.45, 7) is 4.08. The lowest BCUT2D eigenvalue weighted by Crippen LogP contribution is -2.27. The normalized spacial score (nSPS) is 12.2. The Kier molecular flexibility index (Phi) is 4.92. The number of nitrogens with zero attached hydrogens (tertiary/aromatic N) is 1. The molecule has 0 saturated heterocycles. The number of rotatable bonds is 5. The van der Waals surface area contributed by atoms with E-state index >= 15 is 0 Å². The monoisotopic (exact) mass is 236 g/mol. The topological polar surface area (TPSA) is 56.0 Å². The van der Waals surface area contributed by atoms with Crippen LogP contribution in [0.15, 0.2) is 18.2 Å². The van der Waals surface area contributed by atoms with Gasteiger partial charge in [0, 0.05) is 12.6 Å². The molecular formula is C13H17FN2O. The summed E-state index contributed by atoms with van der Waals surface area (Å²) >= 11 is 0. The molecule has 0 radical (unpaired) electrons. The van der Waals surface area contributed by atoms with Crippen LogP contribution in [0.2, 0.25) is 0 Å². The van der Waals surface area contributed by atoms with E-state index in [1.54, 1.807) is 12.1 Å². The number of hydrogen-bond acceptors (Lipinski definition) is 3. The first-order chi connectivity index (χ1) is 8.08. The van der Waals surface area contributed by atoms with Gasteiger partial charge in [0.1, 0.15) is 5.82 Å². The molecule has 1 atom stereocenters. The predicted molar refractivity (Wildman–Crippen MR) is 65.1 cm³/mol. The van der Waals surface area contributed by atoms with E-state index in [2.05, 4.69) is 5.32 Å². The lowest BCUT2D eigenvalue weighted by Gasteiger charge is -2.23. The van der Waals surface area contributed by atoms with Crippen molar-refractivity contribution in [3.8, 4) is 6.07 Å². The zero-order valence-electron chi connectivity index (χ0n) is 10.1. The van der Waals surface area contributed by atoms with E-state index in [0.29, 0.717) is 17.7 Å². The van der Waals surface area contributed by atoms with Crippen molar-refractivity contribution in [1.82, 2.24) is 0 Å². The van der Waals surface area contributed by atoms with Crippen molar-refractivity contribution in [2.45, 2.75) is 26.3 Å². The smallest absolute Gasteiger partial charge is 0.147 e. The number of aliphatic hydroxyl groups excluding tert-OH is 1. The predicted octanol–water partition coefficient (Wildman–Crippen LogP) is 2.52. The number of benzene rings is 1. The van der Waals surface area contributed by atoms with Crippen molar-refractivity contribution in [3.05, 3.63) is 29.6 Å². The van der Waals surface area contributed by atoms with Crippen LogP contribution in [-0.2, 0) is 0 Å². The van der Waals surface area contributed by atoms with Gasteiger partial charge in [-0.3, -0.25) is 0 Å². The third-order valence-electron chi connectivity index (χ3n) is 2.68. The van der Waals surface area contributed by atoms with E-state index in [1.165, 1.54) is 6.07 Å². The molecule has 0 fully saturated rings. The molecule has 0 amide bonds. The fraction of sp³-hybridized carbons (Fsp3) is 0.462. The van der Waals surface area contributed by atoms with E-state index in [-0.39, 0.29) is 18.6 Å². The molecule has 0 aliphatic rings. The van der Waals surface area contributed by atoms with Gasteiger partial charge in [-0.15, -0.1) is 0 Å². The molecular weight excluding hydrogens is 219 g/mol. The maximum atomic E-state index is 13.6. The number of nitriles is 1. The first kappa shape index (κ1) is 13.5. The summed E-state index contributed by atoms with van der Waals surface area (Å²) in [5.74, 6) is -0.148. The minimum atomic E-state index is -0.437. The quantitative estimate of drug-likeness (QED) is 0.826. The van der Waals surface area contributed by atoms with Crippen molar-refractivity contribution in [2.24, 2.45) is 5.92 Å². The van der Waals surface area contributed by atoms with Crippen LogP contribution < -0.4 is 5.32 Å². The molecule has 0 aliphatic carbocycles. The van der Waals surface area contributed by atoms with E-state index in [4.69, 9.17) is 10.4 Å². The molecule has 0 saturated carbocycles. The first-order valence-electron chi connectivity index (χ1n) is 5.65. The molecule has 92 valence electrons. The molecule has 3 nitrogen and oxygen atoms in total. The van der Waals surface area contributed by atoms with Crippen molar-refractivity contribution in [3.63, 3.8) is 0 Å². The van der Waals surface area contributed by atoms with Gasteiger partial charge in [-0.05, 0) is 30.5 Å². The number of halogens is 1. The van der Waals surface area contributed by atoms with Crippen LogP contribution >= 0.6 is 0 Å². The highest BCUT2D eigenvalue weighted by atomic mass is 19.1. The second kappa shape index (κ2) is 6.21. The Balaban J connectivity index is 2.83. The molecule has 17 heavy (non-hydrogen) atoms. The Hall–Kier alpha value is -1.60. The van der Waals surface area contributed by atoms with Gasteiger partial charge in [0.05, 0.1) is 17.3 Å². The number of anilines is 1. The largest absolute Gasteiger partial charge is 0.396 e. The van der Waals surface area contributed by atoms with Crippen molar-refractivity contribution >= 4 is 5.69 Å². The summed E-state index contributed by atoms with van der Waals surface area (Å²) in [5, 5.41) is 20.6. The first-order valence-corrected chi connectivity index (χ1v) is 5.65. The fourth-order valence-electron chi connectivity index (χ4n) is 1.61. The van der Waals surface area contributed by atoms with Gasteiger partial charge in [0.25, 0.3) is 0 Å². The van der Waals surface area contributed by atoms with Gasteiger partial charge < -0.3 is 10.4 Å². The van der Waals surface area contributed by atoms with Gasteiger partial charge in [-0.2, -0.15) is 5.26 Å². The average Bonchev–Trinajstić information content (AvgIpc) is 2.30. The van der Waals surface area contributed by atoms with Crippen LogP contribution in [0.3, 0.4) is 0 Å². The summed E-state index contributed by atoms with van der Waals surface area (Å²) < 4.78 is 13.6. The molecule has 0 aromatic heterocycles. The van der Waals surface area contributed by atoms with E-state index in [9.17, 15) is 4.39 Å². The van der Waals surface area contributed by atoms with Gasteiger partial charge in [0.2, 0.25) is 0 Å². The number of hydrogen-bond donors (Lipinski definition) is 2. The van der Waals surface area contributed by atoms with Gasteiger partial charge in [-0.1, -0.05) is 13.8 Å². The summed E-state index contributed by atoms with van der Waals surface area (Å²) in [6, 6.07) is 6.24. The highest BCUT2D eigenvalue weighted by Gasteiger charge is 2.14. The van der Waals surface area contributed by atoms with Crippen molar-refractivity contribution < 1.29 is 9.50 Å². The Labute approximate surface area is 101 Å². The van der Waals surface area contributed by atoms with Crippen LogP contribution in [0.5, 0.6) is 0 Å². The maximum Gasteiger partial charge on any atom is 0.147 e. The summed E-state index contributed by atoms with van der Waals surface area (Å²) in [5.41, 5.74) is 0.674. The second-order valence-electron chi connectivity index (χ2n) is 4.31. The number of aliphatic hydroxyl groups is 1. The zero-order chi connectivity index (χ0) is 12.8. The molecule has 4 heteroatoms. The second-order valence-corrected chi connectivity index (χ2v) is 4.31. The molecule has 0 spiro atoms. The van der Waals surface area contributed by atoms with Crippen LogP contribution in [0.1, 0.15) is 25.8 Å². The molecule has 1 unspecified atom stereocenters. The molecule has 1 aromatic carbocycles. The lowest BCUT2D eigenvalue weighted by atomic mass is 10.0. The van der Waals surface area contributed by atoms with Crippen LogP contribution in [0.25, 0.3) is 0 Å². The summed E-state index contributed by atoms with van der Waals surface area (Å²) in [7, 11) is 0. The minimum Gasteiger partial charge on any atom is -0.396 e. The third kappa shape index (κ3) is 3.72. The summed E-state index contributed by atoms with van der Waals surface area (Å²) in [4.78, 5) is 0. The van der Waals surface area contributed by atoms with E-state index in [0.717, 1.165) is 0 Å². The third-order valence-corrected chi connectivity index (χ3v) is 2.68. The van der Waals surface area contributed by atoms with Gasteiger partial charge in [-0.25, -0.2) is 4.39 Å². The minimum absolute atomic E-state index is 0.0161. The highest BCUT2D eigenvalue weighted by Crippen LogP contribution is 2.19. The van der Waals surface area contributed by atoms with Crippen LogP contribution in [-0.4, -0.2) is 17.8 Å². The van der Waals surface area contributed by atoms with E-state index < -0.39 is 5.82 Å². The maximum absolute atomic E-state index is 13.6. The van der Waals surface area contributed by atoms with Crippen molar-refractivity contribution in [1.29, 1.82) is 5.26 Å². The zero-order valence-corrected chi connectivity index (χ0v) is 10.1. The standard InChI is InChI=1S/C13H17FN2O/c1-9(2)12(5-6-17)16-13-4-3-10(8-15)7-11(13)14/h3-4,7,9,12,16-17H,5-6H2,1-2H3. The Morgan fingerprint density at radius 2 is 2.18 bits per heavy atom.